The van der Waals surface area contributed by atoms with Crippen LogP contribution in [0.2, 0.25) is 0 Å². The fourth-order valence-corrected chi connectivity index (χ4v) is 0.957. The van der Waals surface area contributed by atoms with Gasteiger partial charge in [0.15, 0.2) is 0 Å². The minimum Gasteiger partial charge on any atom is -0.466 e. The lowest BCUT2D eigenvalue weighted by molar-refractivity contribution is -0.172. The minimum atomic E-state index is -1.30. The van der Waals surface area contributed by atoms with E-state index in [4.69, 9.17) is 9.47 Å². The van der Waals surface area contributed by atoms with Gasteiger partial charge in [0.25, 0.3) is 6.47 Å². The van der Waals surface area contributed by atoms with E-state index < -0.39 is 11.6 Å². The van der Waals surface area contributed by atoms with Crippen LogP contribution < -0.4 is 0 Å². The summed E-state index contributed by atoms with van der Waals surface area (Å²) in [6.45, 7) is 5.18. The SMILES string of the molecule is CCOC(=O)CCCOC(=O)C(C)(C)OC=O. The summed E-state index contributed by atoms with van der Waals surface area (Å²) in [6.07, 6.45) is 0.567. The van der Waals surface area contributed by atoms with E-state index in [2.05, 4.69) is 4.74 Å². The van der Waals surface area contributed by atoms with Gasteiger partial charge in [0.2, 0.25) is 5.60 Å². The van der Waals surface area contributed by atoms with Crippen molar-refractivity contribution in [3.63, 3.8) is 0 Å². The highest BCUT2D eigenvalue weighted by Gasteiger charge is 2.30. The summed E-state index contributed by atoms with van der Waals surface area (Å²) < 4.78 is 14.1. The Kier molecular flexibility index (Phi) is 6.93. The molecule has 17 heavy (non-hydrogen) atoms. The summed E-state index contributed by atoms with van der Waals surface area (Å²) >= 11 is 0. The number of carbonyl (C=O) groups is 3. The molecule has 0 unspecified atom stereocenters. The van der Waals surface area contributed by atoms with E-state index in [1.165, 1.54) is 13.8 Å². The minimum absolute atomic E-state index is 0.0866. The lowest BCUT2D eigenvalue weighted by Gasteiger charge is -2.20. The average Bonchev–Trinajstić information content (AvgIpc) is 2.24. The van der Waals surface area contributed by atoms with Crippen LogP contribution >= 0.6 is 0 Å². The topological polar surface area (TPSA) is 78.9 Å². The number of hydrogen-bond donors (Lipinski definition) is 0. The zero-order valence-electron chi connectivity index (χ0n) is 10.4. The lowest BCUT2D eigenvalue weighted by atomic mass is 10.1. The van der Waals surface area contributed by atoms with Crippen LogP contribution in [0, 0.1) is 0 Å². The molecule has 0 aromatic carbocycles. The van der Waals surface area contributed by atoms with Crippen LogP contribution in [-0.2, 0) is 28.6 Å². The van der Waals surface area contributed by atoms with Gasteiger partial charge in [0.1, 0.15) is 0 Å². The molecule has 0 saturated heterocycles. The van der Waals surface area contributed by atoms with Crippen molar-refractivity contribution in [1.82, 2.24) is 0 Å². The zero-order chi connectivity index (χ0) is 13.3. The Hall–Kier alpha value is -1.59. The van der Waals surface area contributed by atoms with Crippen molar-refractivity contribution in [2.45, 2.75) is 39.2 Å². The van der Waals surface area contributed by atoms with E-state index in [1.54, 1.807) is 6.92 Å². The van der Waals surface area contributed by atoms with Gasteiger partial charge in [-0.1, -0.05) is 0 Å². The summed E-state index contributed by atoms with van der Waals surface area (Å²) in [5, 5.41) is 0. The molecule has 0 aromatic heterocycles. The Morgan fingerprint density at radius 1 is 1.24 bits per heavy atom. The Balaban J connectivity index is 3.78. The van der Waals surface area contributed by atoms with Crippen molar-refractivity contribution < 1.29 is 28.6 Å². The van der Waals surface area contributed by atoms with E-state index in [-0.39, 0.29) is 25.5 Å². The second-order valence-corrected chi connectivity index (χ2v) is 3.77. The van der Waals surface area contributed by atoms with Crippen molar-refractivity contribution in [2.75, 3.05) is 13.2 Å². The highest BCUT2D eigenvalue weighted by molar-refractivity contribution is 5.79. The van der Waals surface area contributed by atoms with Gasteiger partial charge in [0.05, 0.1) is 13.2 Å². The normalized spacial score (nSPS) is 10.5. The molecular formula is C11H18O6. The number of rotatable bonds is 8. The van der Waals surface area contributed by atoms with Gasteiger partial charge in [-0.15, -0.1) is 0 Å². The number of ether oxygens (including phenoxy) is 3. The lowest BCUT2D eigenvalue weighted by Crippen LogP contribution is -2.36. The number of esters is 2. The van der Waals surface area contributed by atoms with Gasteiger partial charge in [0, 0.05) is 6.42 Å². The smallest absolute Gasteiger partial charge is 0.349 e. The third kappa shape index (κ3) is 6.55. The van der Waals surface area contributed by atoms with Crippen LogP contribution in [0.4, 0.5) is 0 Å². The molecule has 0 bridgehead atoms. The summed E-state index contributed by atoms with van der Waals surface area (Å²) in [5.74, 6) is -0.972. The van der Waals surface area contributed by atoms with Crippen LogP contribution in [0.15, 0.2) is 0 Å². The second kappa shape index (κ2) is 7.65. The van der Waals surface area contributed by atoms with Gasteiger partial charge in [-0.3, -0.25) is 9.59 Å². The molecule has 0 spiro atoms. The predicted molar refractivity (Wildman–Crippen MR) is 58.1 cm³/mol. The van der Waals surface area contributed by atoms with Gasteiger partial charge < -0.3 is 14.2 Å². The van der Waals surface area contributed by atoms with E-state index >= 15 is 0 Å². The van der Waals surface area contributed by atoms with Crippen molar-refractivity contribution in [2.24, 2.45) is 0 Å². The summed E-state index contributed by atoms with van der Waals surface area (Å²) in [5.41, 5.74) is -1.30. The molecule has 0 aromatic rings. The zero-order valence-corrected chi connectivity index (χ0v) is 10.4. The maximum atomic E-state index is 11.4. The first-order chi connectivity index (χ1) is 7.94. The van der Waals surface area contributed by atoms with E-state index in [1.807, 2.05) is 0 Å². The third-order valence-corrected chi connectivity index (χ3v) is 1.90. The summed E-state index contributed by atoms with van der Waals surface area (Å²) in [7, 11) is 0. The van der Waals surface area contributed by atoms with Gasteiger partial charge in [-0.25, -0.2) is 4.79 Å². The van der Waals surface area contributed by atoms with Gasteiger partial charge >= 0.3 is 11.9 Å². The Bertz CT molecular complexity index is 271. The molecule has 6 nitrogen and oxygen atoms in total. The fourth-order valence-electron chi connectivity index (χ4n) is 0.957. The highest BCUT2D eigenvalue weighted by Crippen LogP contribution is 2.10. The molecule has 0 saturated carbocycles. The fraction of sp³-hybridized carbons (Fsp3) is 0.727. The Morgan fingerprint density at radius 3 is 2.41 bits per heavy atom. The monoisotopic (exact) mass is 246 g/mol. The largest absolute Gasteiger partial charge is 0.466 e. The summed E-state index contributed by atoms with van der Waals surface area (Å²) in [6, 6.07) is 0. The molecule has 0 amide bonds. The maximum Gasteiger partial charge on any atom is 0.349 e. The number of hydrogen-bond acceptors (Lipinski definition) is 6. The van der Waals surface area contributed by atoms with E-state index in [9.17, 15) is 14.4 Å². The Labute approximate surface area is 100 Å². The molecule has 0 N–H and O–H groups in total. The van der Waals surface area contributed by atoms with Gasteiger partial charge in [-0.05, 0) is 27.2 Å². The highest BCUT2D eigenvalue weighted by atomic mass is 16.6. The molecule has 98 valence electrons. The average molecular weight is 246 g/mol. The van der Waals surface area contributed by atoms with Crippen molar-refractivity contribution in [1.29, 1.82) is 0 Å². The molecule has 6 heteroatoms. The standard InChI is InChI=1S/C11H18O6/c1-4-15-9(13)6-5-7-16-10(14)11(2,3)17-8-12/h8H,4-7H2,1-3H3. The van der Waals surface area contributed by atoms with E-state index in [0.717, 1.165) is 0 Å². The molecule has 0 heterocycles. The Morgan fingerprint density at radius 2 is 1.88 bits per heavy atom. The van der Waals surface area contributed by atoms with Crippen molar-refractivity contribution in [3.05, 3.63) is 0 Å². The molecule has 0 radical (unpaired) electrons. The molecule has 0 aliphatic heterocycles. The van der Waals surface area contributed by atoms with Crippen molar-refractivity contribution >= 4 is 18.4 Å². The molecule has 0 rings (SSSR count). The van der Waals surface area contributed by atoms with Crippen LogP contribution in [0.3, 0.4) is 0 Å². The van der Waals surface area contributed by atoms with Crippen LogP contribution in [0.25, 0.3) is 0 Å². The third-order valence-electron chi connectivity index (χ3n) is 1.90. The van der Waals surface area contributed by atoms with Crippen LogP contribution in [-0.4, -0.2) is 37.2 Å². The van der Waals surface area contributed by atoms with E-state index in [0.29, 0.717) is 13.0 Å². The molecule has 0 aliphatic rings. The first-order valence-electron chi connectivity index (χ1n) is 5.38. The first-order valence-corrected chi connectivity index (χ1v) is 5.38. The first kappa shape index (κ1) is 15.4. The quantitative estimate of drug-likeness (QED) is 0.273. The molecule has 0 aliphatic carbocycles. The summed E-state index contributed by atoms with van der Waals surface area (Å²) in [4.78, 5) is 32.5. The van der Waals surface area contributed by atoms with Crippen LogP contribution in [0.1, 0.15) is 33.6 Å². The second-order valence-electron chi connectivity index (χ2n) is 3.77. The number of carbonyl (C=O) groups excluding carboxylic acids is 3. The van der Waals surface area contributed by atoms with Crippen molar-refractivity contribution in [3.8, 4) is 0 Å². The molecule has 0 atom stereocenters. The molecular weight excluding hydrogens is 228 g/mol. The van der Waals surface area contributed by atoms with Gasteiger partial charge in [-0.2, -0.15) is 0 Å². The predicted octanol–water partition coefficient (Wildman–Crippen LogP) is 0.825. The maximum absolute atomic E-state index is 11.4. The van der Waals surface area contributed by atoms with Crippen LogP contribution in [0.5, 0.6) is 0 Å². The molecule has 0 fully saturated rings.